The molecule has 1 atom stereocenters. The number of carbonyl (C=O) groups excluding carboxylic acids is 1. The van der Waals surface area contributed by atoms with Crippen molar-refractivity contribution in [3.8, 4) is 11.8 Å². The number of alkyl carbamates (subject to hydrolysis) is 1. The SMILES string of the molecule is CCC(CCNC(=O)OC(C)(C)C)COc1cc(Nc2cnc(C#N)cn2)ncc1[N+](=O)[O-]. The second kappa shape index (κ2) is 11.6. The summed E-state index contributed by atoms with van der Waals surface area (Å²) in [6, 6.07) is 3.27. The number of aromatic nitrogens is 3. The van der Waals surface area contributed by atoms with Gasteiger partial charge < -0.3 is 20.1 Å². The Hall–Kier alpha value is -4.01. The number of nitrogens with one attached hydrogen (secondary N) is 2. The average Bonchev–Trinajstić information content (AvgIpc) is 2.75. The fourth-order valence-corrected chi connectivity index (χ4v) is 2.64. The number of amides is 1. The van der Waals surface area contributed by atoms with Crippen LogP contribution < -0.4 is 15.4 Å². The van der Waals surface area contributed by atoms with Crippen LogP contribution in [0.15, 0.2) is 24.7 Å². The van der Waals surface area contributed by atoms with Gasteiger partial charge >= 0.3 is 11.8 Å². The van der Waals surface area contributed by atoms with E-state index in [-0.39, 0.29) is 35.5 Å². The number of nitriles is 1. The summed E-state index contributed by atoms with van der Waals surface area (Å²) < 4.78 is 11.0. The van der Waals surface area contributed by atoms with E-state index in [0.717, 1.165) is 12.6 Å². The molecule has 0 aliphatic heterocycles. The molecule has 12 nitrogen and oxygen atoms in total. The molecule has 1 amide bonds. The monoisotopic (exact) mass is 457 g/mol. The molecule has 2 heterocycles. The lowest BCUT2D eigenvalue weighted by Crippen LogP contribution is -2.33. The minimum absolute atomic E-state index is 0.0495. The standard InChI is InChI=1S/C21H27N7O5/c1-5-14(6-7-23-20(29)33-21(2,3)4)13-32-17-8-18(26-11-16(17)28(30)31)27-19-12-24-15(9-22)10-25-19/h8,10-12,14H,5-7,13H2,1-4H3,(H,23,29)(H,25,26,27). The summed E-state index contributed by atoms with van der Waals surface area (Å²) in [5.74, 6) is 0.696. The highest BCUT2D eigenvalue weighted by atomic mass is 16.6. The first kappa shape index (κ1) is 25.3. The van der Waals surface area contributed by atoms with Gasteiger partial charge in [0.05, 0.1) is 23.9 Å². The number of rotatable bonds is 10. The fraction of sp³-hybridized carbons (Fsp3) is 0.476. The molecule has 2 rings (SSSR count). The largest absolute Gasteiger partial charge is 0.486 e. The van der Waals surface area contributed by atoms with Crippen LogP contribution in [0.3, 0.4) is 0 Å². The zero-order chi connectivity index (χ0) is 24.4. The third kappa shape index (κ3) is 8.56. The number of carbonyl (C=O) groups is 1. The van der Waals surface area contributed by atoms with Crippen molar-refractivity contribution in [2.24, 2.45) is 5.92 Å². The summed E-state index contributed by atoms with van der Waals surface area (Å²) in [5.41, 5.74) is -0.687. The molecule has 0 fully saturated rings. The van der Waals surface area contributed by atoms with Gasteiger partial charge in [0.25, 0.3) is 0 Å². The van der Waals surface area contributed by atoms with Gasteiger partial charge in [-0.05, 0) is 39.5 Å². The Balaban J connectivity index is 2.00. The van der Waals surface area contributed by atoms with Crippen molar-refractivity contribution in [3.05, 3.63) is 40.5 Å². The van der Waals surface area contributed by atoms with Gasteiger partial charge in [0.1, 0.15) is 29.5 Å². The van der Waals surface area contributed by atoms with Crippen LogP contribution >= 0.6 is 0 Å². The quantitative estimate of drug-likeness (QED) is 0.396. The van der Waals surface area contributed by atoms with Gasteiger partial charge in [-0.25, -0.2) is 19.7 Å². The highest BCUT2D eigenvalue weighted by molar-refractivity contribution is 5.67. The molecular formula is C21H27N7O5. The van der Waals surface area contributed by atoms with Gasteiger partial charge in [-0.1, -0.05) is 6.92 Å². The molecule has 0 aliphatic carbocycles. The Morgan fingerprint density at radius 2 is 1.97 bits per heavy atom. The first-order valence-electron chi connectivity index (χ1n) is 10.3. The van der Waals surface area contributed by atoms with Crippen LogP contribution in [0.5, 0.6) is 5.75 Å². The summed E-state index contributed by atoms with van der Waals surface area (Å²) in [5, 5.41) is 25.8. The average molecular weight is 457 g/mol. The van der Waals surface area contributed by atoms with E-state index in [9.17, 15) is 14.9 Å². The number of hydrogen-bond donors (Lipinski definition) is 2. The number of ether oxygens (including phenoxy) is 2. The molecule has 0 saturated carbocycles. The van der Waals surface area contributed by atoms with Crippen LogP contribution in [-0.2, 0) is 4.74 Å². The van der Waals surface area contributed by atoms with E-state index in [1.165, 1.54) is 18.5 Å². The van der Waals surface area contributed by atoms with Gasteiger partial charge in [-0.3, -0.25) is 10.1 Å². The fourth-order valence-electron chi connectivity index (χ4n) is 2.64. The van der Waals surface area contributed by atoms with Crippen molar-refractivity contribution in [3.63, 3.8) is 0 Å². The van der Waals surface area contributed by atoms with E-state index >= 15 is 0 Å². The molecule has 1 unspecified atom stereocenters. The van der Waals surface area contributed by atoms with Crippen molar-refractivity contribution in [2.45, 2.75) is 46.1 Å². The van der Waals surface area contributed by atoms with Gasteiger partial charge in [-0.2, -0.15) is 5.26 Å². The molecule has 2 aromatic rings. The molecular weight excluding hydrogens is 430 g/mol. The molecule has 12 heteroatoms. The third-order valence-electron chi connectivity index (χ3n) is 4.34. The van der Waals surface area contributed by atoms with Crippen molar-refractivity contribution in [2.75, 3.05) is 18.5 Å². The lowest BCUT2D eigenvalue weighted by molar-refractivity contribution is -0.386. The van der Waals surface area contributed by atoms with Crippen LogP contribution in [0.4, 0.5) is 22.1 Å². The van der Waals surface area contributed by atoms with E-state index in [1.54, 1.807) is 20.8 Å². The topological polar surface area (TPSA) is 165 Å². The number of anilines is 2. The summed E-state index contributed by atoms with van der Waals surface area (Å²) in [6.45, 7) is 7.93. The van der Waals surface area contributed by atoms with Crippen LogP contribution in [0.2, 0.25) is 0 Å². The van der Waals surface area contributed by atoms with E-state index < -0.39 is 16.6 Å². The lowest BCUT2D eigenvalue weighted by Gasteiger charge is -2.20. The summed E-state index contributed by atoms with van der Waals surface area (Å²) in [7, 11) is 0. The molecule has 0 saturated heterocycles. The Bertz CT molecular complexity index is 1000. The maximum atomic E-state index is 11.8. The van der Waals surface area contributed by atoms with Crippen LogP contribution in [0.1, 0.15) is 46.2 Å². The molecule has 0 radical (unpaired) electrons. The Kier molecular flexibility index (Phi) is 8.85. The van der Waals surface area contributed by atoms with E-state index in [2.05, 4.69) is 25.6 Å². The molecule has 2 N–H and O–H groups in total. The maximum Gasteiger partial charge on any atom is 0.407 e. The number of hydrogen-bond acceptors (Lipinski definition) is 10. The predicted molar refractivity (Wildman–Crippen MR) is 119 cm³/mol. The van der Waals surface area contributed by atoms with Gasteiger partial charge in [0, 0.05) is 12.6 Å². The Labute approximate surface area is 191 Å². The minimum Gasteiger partial charge on any atom is -0.486 e. The lowest BCUT2D eigenvalue weighted by atomic mass is 10.0. The predicted octanol–water partition coefficient (Wildman–Crippen LogP) is 3.71. The van der Waals surface area contributed by atoms with Crippen molar-refractivity contribution in [1.29, 1.82) is 5.26 Å². The Morgan fingerprint density at radius 3 is 2.55 bits per heavy atom. The Morgan fingerprint density at radius 1 is 1.24 bits per heavy atom. The van der Waals surface area contributed by atoms with Crippen LogP contribution in [-0.4, -0.2) is 44.7 Å². The number of pyridine rings is 1. The second-order valence-corrected chi connectivity index (χ2v) is 8.12. The first-order chi connectivity index (χ1) is 15.6. The van der Waals surface area contributed by atoms with Gasteiger partial charge in [0.15, 0.2) is 5.69 Å². The summed E-state index contributed by atoms with van der Waals surface area (Å²) in [4.78, 5) is 34.5. The van der Waals surface area contributed by atoms with E-state index in [1.807, 2.05) is 13.0 Å². The van der Waals surface area contributed by atoms with Crippen molar-refractivity contribution < 1.29 is 19.2 Å². The van der Waals surface area contributed by atoms with E-state index in [0.29, 0.717) is 18.8 Å². The zero-order valence-electron chi connectivity index (χ0n) is 19.0. The molecule has 0 aliphatic rings. The highest BCUT2D eigenvalue weighted by Crippen LogP contribution is 2.30. The third-order valence-corrected chi connectivity index (χ3v) is 4.34. The second-order valence-electron chi connectivity index (χ2n) is 8.12. The summed E-state index contributed by atoms with van der Waals surface area (Å²) in [6.07, 6.45) is 4.61. The molecule has 176 valence electrons. The van der Waals surface area contributed by atoms with Crippen molar-refractivity contribution >= 4 is 23.4 Å². The number of nitro groups is 1. The minimum atomic E-state index is -0.577. The van der Waals surface area contributed by atoms with E-state index in [4.69, 9.17) is 14.7 Å². The van der Waals surface area contributed by atoms with Crippen LogP contribution in [0.25, 0.3) is 0 Å². The smallest absolute Gasteiger partial charge is 0.407 e. The number of nitrogens with zero attached hydrogens (tertiary/aromatic N) is 5. The van der Waals surface area contributed by atoms with Crippen LogP contribution in [0, 0.1) is 27.4 Å². The molecule has 0 bridgehead atoms. The van der Waals surface area contributed by atoms with Crippen molar-refractivity contribution in [1.82, 2.24) is 20.3 Å². The summed E-state index contributed by atoms with van der Waals surface area (Å²) >= 11 is 0. The molecule has 2 aromatic heterocycles. The zero-order valence-corrected chi connectivity index (χ0v) is 19.0. The molecule has 0 spiro atoms. The maximum absolute atomic E-state index is 11.8. The molecule has 0 aromatic carbocycles. The normalized spacial score (nSPS) is 11.7. The first-order valence-corrected chi connectivity index (χ1v) is 10.3. The van der Waals surface area contributed by atoms with Gasteiger partial charge in [0.2, 0.25) is 5.75 Å². The highest BCUT2D eigenvalue weighted by Gasteiger charge is 2.20. The van der Waals surface area contributed by atoms with Gasteiger partial charge in [-0.15, -0.1) is 0 Å². The molecule has 33 heavy (non-hydrogen) atoms.